The van der Waals surface area contributed by atoms with Gasteiger partial charge in [-0.05, 0) is 25.1 Å². The first-order valence-corrected chi connectivity index (χ1v) is 8.57. The summed E-state index contributed by atoms with van der Waals surface area (Å²) < 4.78 is 28.0. The maximum Gasteiger partial charge on any atom is 0.164 e. The van der Waals surface area contributed by atoms with Gasteiger partial charge in [0.05, 0.1) is 21.3 Å². The van der Waals surface area contributed by atoms with Crippen LogP contribution in [0.15, 0.2) is 36.4 Å². The molecule has 2 aromatic carbocycles. The van der Waals surface area contributed by atoms with Gasteiger partial charge < -0.3 is 29.0 Å². The Hall–Kier alpha value is -2.60. The van der Waals surface area contributed by atoms with Crippen molar-refractivity contribution in [3.8, 4) is 28.7 Å². The SMILES string of the molecule is COc1cc(OC)c(OC)cc1CN[C@@H](C)[C@@H]1COc2ccccc2O1. The molecule has 0 aliphatic carbocycles. The zero-order chi connectivity index (χ0) is 18.5. The molecule has 3 rings (SSSR count). The van der Waals surface area contributed by atoms with Crippen LogP contribution in [0, 0.1) is 0 Å². The molecule has 140 valence electrons. The Bertz CT molecular complexity index is 749. The van der Waals surface area contributed by atoms with E-state index < -0.39 is 0 Å². The molecule has 0 saturated carbocycles. The highest BCUT2D eigenvalue weighted by atomic mass is 16.6. The van der Waals surface area contributed by atoms with E-state index >= 15 is 0 Å². The molecule has 0 unspecified atom stereocenters. The summed E-state index contributed by atoms with van der Waals surface area (Å²) in [5, 5.41) is 3.48. The van der Waals surface area contributed by atoms with Gasteiger partial charge in [-0.25, -0.2) is 0 Å². The van der Waals surface area contributed by atoms with E-state index in [2.05, 4.69) is 12.2 Å². The maximum absolute atomic E-state index is 6.06. The number of rotatable bonds is 7. The van der Waals surface area contributed by atoms with Crippen molar-refractivity contribution in [1.29, 1.82) is 0 Å². The molecule has 0 aromatic heterocycles. The number of methoxy groups -OCH3 is 3. The average Bonchev–Trinajstić information content (AvgIpc) is 2.70. The molecule has 0 spiro atoms. The highest BCUT2D eigenvalue weighted by molar-refractivity contribution is 5.50. The minimum absolute atomic E-state index is 0.0731. The monoisotopic (exact) mass is 359 g/mol. The van der Waals surface area contributed by atoms with E-state index in [1.807, 2.05) is 36.4 Å². The maximum atomic E-state index is 6.06. The van der Waals surface area contributed by atoms with Crippen molar-refractivity contribution in [1.82, 2.24) is 5.32 Å². The molecule has 2 atom stereocenters. The van der Waals surface area contributed by atoms with Crippen LogP contribution < -0.4 is 29.0 Å². The Kier molecular flexibility index (Phi) is 5.73. The van der Waals surface area contributed by atoms with E-state index in [1.165, 1.54) is 0 Å². The first-order chi connectivity index (χ1) is 12.7. The molecule has 1 aliphatic rings. The van der Waals surface area contributed by atoms with Crippen LogP contribution in [0.2, 0.25) is 0 Å². The third kappa shape index (κ3) is 3.80. The van der Waals surface area contributed by atoms with E-state index in [-0.39, 0.29) is 12.1 Å². The number of hydrogen-bond acceptors (Lipinski definition) is 6. The van der Waals surface area contributed by atoms with Gasteiger partial charge in [0.25, 0.3) is 0 Å². The van der Waals surface area contributed by atoms with Crippen LogP contribution in [-0.2, 0) is 6.54 Å². The van der Waals surface area contributed by atoms with Crippen LogP contribution in [-0.4, -0.2) is 40.1 Å². The lowest BCUT2D eigenvalue weighted by Gasteiger charge is -2.31. The quantitative estimate of drug-likeness (QED) is 0.820. The lowest BCUT2D eigenvalue weighted by Crippen LogP contribution is -2.45. The van der Waals surface area contributed by atoms with Crippen LogP contribution in [0.5, 0.6) is 28.7 Å². The smallest absolute Gasteiger partial charge is 0.164 e. The van der Waals surface area contributed by atoms with Gasteiger partial charge in [0.1, 0.15) is 18.5 Å². The minimum atomic E-state index is -0.0731. The summed E-state index contributed by atoms with van der Waals surface area (Å²) in [6.45, 7) is 3.19. The Morgan fingerprint density at radius 2 is 1.65 bits per heavy atom. The van der Waals surface area contributed by atoms with E-state index in [1.54, 1.807) is 21.3 Å². The molecule has 6 nitrogen and oxygen atoms in total. The Balaban J connectivity index is 1.67. The molecule has 0 amide bonds. The summed E-state index contributed by atoms with van der Waals surface area (Å²) in [4.78, 5) is 0. The first kappa shape index (κ1) is 18.2. The molecule has 0 radical (unpaired) electrons. The van der Waals surface area contributed by atoms with Gasteiger partial charge in [-0.15, -0.1) is 0 Å². The number of ether oxygens (including phenoxy) is 5. The van der Waals surface area contributed by atoms with Gasteiger partial charge >= 0.3 is 0 Å². The fraction of sp³-hybridized carbons (Fsp3) is 0.400. The van der Waals surface area contributed by atoms with Crippen LogP contribution in [0.3, 0.4) is 0 Å². The third-order valence-corrected chi connectivity index (χ3v) is 4.49. The van der Waals surface area contributed by atoms with Crippen LogP contribution >= 0.6 is 0 Å². The van der Waals surface area contributed by atoms with E-state index in [0.717, 1.165) is 22.8 Å². The number of benzene rings is 2. The largest absolute Gasteiger partial charge is 0.496 e. The molecule has 0 saturated heterocycles. The van der Waals surface area contributed by atoms with Crippen molar-refractivity contribution in [3.63, 3.8) is 0 Å². The van der Waals surface area contributed by atoms with Crippen LogP contribution in [0.1, 0.15) is 12.5 Å². The van der Waals surface area contributed by atoms with Gasteiger partial charge in [0.2, 0.25) is 0 Å². The molecule has 1 heterocycles. The lowest BCUT2D eigenvalue weighted by molar-refractivity contribution is 0.0662. The van der Waals surface area contributed by atoms with Gasteiger partial charge in [-0.2, -0.15) is 0 Å². The van der Waals surface area contributed by atoms with Gasteiger partial charge in [-0.1, -0.05) is 12.1 Å². The summed E-state index contributed by atoms with van der Waals surface area (Å²) in [7, 11) is 4.87. The van der Waals surface area contributed by atoms with Crippen molar-refractivity contribution >= 4 is 0 Å². The normalized spacial score (nSPS) is 16.7. The average molecular weight is 359 g/mol. The van der Waals surface area contributed by atoms with E-state index in [4.69, 9.17) is 23.7 Å². The van der Waals surface area contributed by atoms with Crippen LogP contribution in [0.25, 0.3) is 0 Å². The molecule has 0 fully saturated rings. The number of para-hydroxylation sites is 2. The Morgan fingerprint density at radius 1 is 1.00 bits per heavy atom. The number of nitrogens with one attached hydrogen (secondary N) is 1. The molecule has 6 heteroatoms. The number of hydrogen-bond donors (Lipinski definition) is 1. The van der Waals surface area contributed by atoms with Crippen molar-refractivity contribution in [2.75, 3.05) is 27.9 Å². The predicted molar refractivity (Wildman–Crippen MR) is 98.8 cm³/mol. The van der Waals surface area contributed by atoms with Crippen molar-refractivity contribution < 1.29 is 23.7 Å². The molecular weight excluding hydrogens is 334 g/mol. The second-order valence-electron chi connectivity index (χ2n) is 6.10. The summed E-state index contributed by atoms with van der Waals surface area (Å²) >= 11 is 0. The topological polar surface area (TPSA) is 58.2 Å². The Labute approximate surface area is 154 Å². The minimum Gasteiger partial charge on any atom is -0.496 e. The van der Waals surface area contributed by atoms with Crippen LogP contribution in [0.4, 0.5) is 0 Å². The molecule has 1 aliphatic heterocycles. The van der Waals surface area contributed by atoms with E-state index in [9.17, 15) is 0 Å². The molecule has 26 heavy (non-hydrogen) atoms. The lowest BCUT2D eigenvalue weighted by atomic mass is 10.1. The van der Waals surface area contributed by atoms with Crippen molar-refractivity contribution in [2.24, 2.45) is 0 Å². The third-order valence-electron chi connectivity index (χ3n) is 4.49. The van der Waals surface area contributed by atoms with Gasteiger partial charge in [-0.3, -0.25) is 0 Å². The Morgan fingerprint density at radius 3 is 2.35 bits per heavy atom. The van der Waals surface area contributed by atoms with Crippen molar-refractivity contribution in [3.05, 3.63) is 42.0 Å². The zero-order valence-corrected chi connectivity index (χ0v) is 15.6. The summed E-state index contributed by atoms with van der Waals surface area (Å²) in [6.07, 6.45) is -0.0731. The van der Waals surface area contributed by atoms with E-state index in [0.29, 0.717) is 24.7 Å². The standard InChI is InChI=1S/C20H25NO5/c1-13(20-12-25-15-7-5-6-8-16(15)26-20)21-11-14-9-18(23-3)19(24-4)10-17(14)22-2/h5-10,13,20-21H,11-12H2,1-4H3/t13-,20-/m0/s1. The zero-order valence-electron chi connectivity index (χ0n) is 15.6. The molecular formula is C20H25NO5. The summed E-state index contributed by atoms with van der Waals surface area (Å²) in [5.74, 6) is 3.62. The highest BCUT2D eigenvalue weighted by Crippen LogP contribution is 2.35. The van der Waals surface area contributed by atoms with Gasteiger partial charge in [0, 0.05) is 24.2 Å². The highest BCUT2D eigenvalue weighted by Gasteiger charge is 2.26. The summed E-state index contributed by atoms with van der Waals surface area (Å²) in [6, 6.07) is 11.6. The molecule has 1 N–H and O–H groups in total. The van der Waals surface area contributed by atoms with Gasteiger partial charge in [0.15, 0.2) is 23.0 Å². The molecule has 2 aromatic rings. The van der Waals surface area contributed by atoms with Crippen molar-refractivity contribution in [2.45, 2.75) is 25.6 Å². The molecule has 0 bridgehead atoms. The fourth-order valence-corrected chi connectivity index (χ4v) is 2.92. The fourth-order valence-electron chi connectivity index (χ4n) is 2.92. The second-order valence-corrected chi connectivity index (χ2v) is 6.10. The number of fused-ring (bicyclic) bond motifs is 1. The summed E-state index contributed by atoms with van der Waals surface area (Å²) in [5.41, 5.74) is 0.981. The second kappa shape index (κ2) is 8.19. The first-order valence-electron chi connectivity index (χ1n) is 8.57. The predicted octanol–water partition coefficient (Wildman–Crippen LogP) is 3.03.